The van der Waals surface area contributed by atoms with E-state index in [0.717, 1.165) is 24.3 Å². The van der Waals surface area contributed by atoms with Gasteiger partial charge in [0, 0.05) is 37.5 Å². The van der Waals surface area contributed by atoms with Crippen LogP contribution in [0.1, 0.15) is 25.0 Å². The molecule has 3 rings (SSSR count). The molecule has 0 saturated carbocycles. The molecule has 0 amide bonds. The Morgan fingerprint density at radius 2 is 2.12 bits per heavy atom. The largest absolute Gasteiger partial charge is 0.390 e. The number of alkyl halides is 1. The molecule has 2 aromatic heterocycles. The van der Waals surface area contributed by atoms with Gasteiger partial charge in [0.1, 0.15) is 11.8 Å². The van der Waals surface area contributed by atoms with Crippen molar-refractivity contribution in [3.8, 4) is 11.8 Å². The smallest absolute Gasteiger partial charge is 0.131 e. The molecule has 1 fully saturated rings. The number of hydrogen-bond acceptors (Lipinski definition) is 4. The molecule has 1 aliphatic heterocycles. The molecule has 0 unspecified atom stereocenters. The van der Waals surface area contributed by atoms with Crippen LogP contribution in [0, 0.1) is 17.8 Å². The van der Waals surface area contributed by atoms with Gasteiger partial charge in [0.2, 0.25) is 0 Å². The first-order chi connectivity index (χ1) is 11.9. The van der Waals surface area contributed by atoms with E-state index < -0.39 is 12.3 Å². The number of halogens is 2. The Morgan fingerprint density at radius 3 is 2.80 bits per heavy atom. The Kier molecular flexibility index (Phi) is 4.98. The summed E-state index contributed by atoms with van der Waals surface area (Å²) in [4.78, 5) is 6.24. The molecule has 0 aliphatic carbocycles. The third kappa shape index (κ3) is 4.12. The quantitative estimate of drug-likeness (QED) is 0.670. The zero-order valence-electron chi connectivity index (χ0n) is 14.2. The Labute approximate surface area is 151 Å². The van der Waals surface area contributed by atoms with Crippen LogP contribution >= 0.6 is 11.6 Å². The summed E-state index contributed by atoms with van der Waals surface area (Å²) < 4.78 is 13.9. The first-order valence-corrected chi connectivity index (χ1v) is 8.48. The van der Waals surface area contributed by atoms with Crippen LogP contribution in [0.2, 0.25) is 5.15 Å². The zero-order chi connectivity index (χ0) is 18.0. The number of aliphatic hydroxyl groups is 1. The van der Waals surface area contributed by atoms with Crippen molar-refractivity contribution < 1.29 is 9.50 Å². The lowest BCUT2D eigenvalue weighted by Crippen LogP contribution is -2.56. The van der Waals surface area contributed by atoms with Crippen molar-refractivity contribution in [2.75, 3.05) is 24.7 Å². The lowest BCUT2D eigenvalue weighted by Gasteiger charge is -2.46. The highest BCUT2D eigenvalue weighted by atomic mass is 35.5. The van der Waals surface area contributed by atoms with Gasteiger partial charge in [0.25, 0.3) is 0 Å². The third-order valence-electron chi connectivity index (χ3n) is 4.36. The Hall–Kier alpha value is -2.10. The first kappa shape index (κ1) is 17.7. The number of aromatic nitrogens is 3. The first-order valence-electron chi connectivity index (χ1n) is 8.10. The van der Waals surface area contributed by atoms with E-state index in [2.05, 4.69) is 26.8 Å². The highest BCUT2D eigenvalue weighted by Gasteiger charge is 2.38. The van der Waals surface area contributed by atoms with E-state index in [0.29, 0.717) is 10.7 Å². The minimum Gasteiger partial charge on any atom is -0.390 e. The van der Waals surface area contributed by atoms with E-state index in [4.69, 9.17) is 11.6 Å². The molecule has 1 saturated heterocycles. The molecule has 0 radical (unpaired) electrons. The van der Waals surface area contributed by atoms with Gasteiger partial charge in [-0.3, -0.25) is 4.68 Å². The molecule has 25 heavy (non-hydrogen) atoms. The van der Waals surface area contributed by atoms with Crippen molar-refractivity contribution in [2.45, 2.75) is 26.0 Å². The number of anilines is 1. The van der Waals surface area contributed by atoms with Gasteiger partial charge >= 0.3 is 0 Å². The maximum Gasteiger partial charge on any atom is 0.131 e. The monoisotopic (exact) mass is 362 g/mol. The Bertz CT molecular complexity index is 812. The van der Waals surface area contributed by atoms with Crippen LogP contribution in [0.25, 0.3) is 0 Å². The molecule has 1 aliphatic rings. The summed E-state index contributed by atoms with van der Waals surface area (Å²) in [6.07, 6.45) is 4.97. The lowest BCUT2D eigenvalue weighted by atomic mass is 9.84. The van der Waals surface area contributed by atoms with Crippen molar-refractivity contribution in [2.24, 2.45) is 5.92 Å². The van der Waals surface area contributed by atoms with Crippen molar-refractivity contribution in [3.05, 3.63) is 40.9 Å². The predicted molar refractivity (Wildman–Crippen MR) is 95.4 cm³/mol. The van der Waals surface area contributed by atoms with Crippen molar-refractivity contribution >= 4 is 17.3 Å². The molecule has 1 N–H and O–H groups in total. The maximum atomic E-state index is 12.3. The summed E-state index contributed by atoms with van der Waals surface area (Å²) in [5.74, 6) is 6.33. The minimum atomic E-state index is -0.704. The summed E-state index contributed by atoms with van der Waals surface area (Å²) in [6, 6.07) is 1.79. The molecule has 0 aromatic carbocycles. The van der Waals surface area contributed by atoms with E-state index in [1.54, 1.807) is 24.7 Å². The number of pyridine rings is 1. The van der Waals surface area contributed by atoms with Crippen LogP contribution in [0.5, 0.6) is 0 Å². The number of rotatable bonds is 4. The van der Waals surface area contributed by atoms with Gasteiger partial charge in [0.15, 0.2) is 0 Å². The van der Waals surface area contributed by atoms with Crippen LogP contribution in [0.3, 0.4) is 0 Å². The molecule has 7 heteroatoms. The summed E-state index contributed by atoms with van der Waals surface area (Å²) in [7, 11) is 0. The SMILES string of the molecule is CC(C)(O)C1CN(c2cc(Cl)ncc2C#Cc2cnn(CCF)c2)C1. The average molecular weight is 363 g/mol. The summed E-state index contributed by atoms with van der Waals surface area (Å²) >= 11 is 6.04. The molecule has 132 valence electrons. The summed E-state index contributed by atoms with van der Waals surface area (Å²) in [6.45, 7) is 4.90. The van der Waals surface area contributed by atoms with E-state index in [-0.39, 0.29) is 12.5 Å². The maximum absolute atomic E-state index is 12.3. The van der Waals surface area contributed by atoms with E-state index >= 15 is 0 Å². The van der Waals surface area contributed by atoms with E-state index in [1.165, 1.54) is 4.68 Å². The van der Waals surface area contributed by atoms with Gasteiger partial charge in [-0.15, -0.1) is 0 Å². The van der Waals surface area contributed by atoms with Crippen LogP contribution in [-0.4, -0.2) is 45.2 Å². The van der Waals surface area contributed by atoms with Crippen molar-refractivity contribution in [3.63, 3.8) is 0 Å². The Morgan fingerprint density at radius 1 is 1.36 bits per heavy atom. The highest BCUT2D eigenvalue weighted by Crippen LogP contribution is 2.33. The van der Waals surface area contributed by atoms with Crippen LogP contribution in [0.15, 0.2) is 24.7 Å². The second-order valence-electron chi connectivity index (χ2n) is 6.71. The number of hydrogen-bond donors (Lipinski definition) is 1. The third-order valence-corrected chi connectivity index (χ3v) is 4.57. The summed E-state index contributed by atoms with van der Waals surface area (Å²) in [5.41, 5.74) is 1.68. The fraction of sp³-hybridized carbons (Fsp3) is 0.444. The van der Waals surface area contributed by atoms with Crippen LogP contribution in [0.4, 0.5) is 10.1 Å². The molecule has 3 heterocycles. The van der Waals surface area contributed by atoms with Gasteiger partial charge in [-0.1, -0.05) is 23.4 Å². The fourth-order valence-electron chi connectivity index (χ4n) is 2.68. The Balaban J connectivity index is 1.80. The van der Waals surface area contributed by atoms with Gasteiger partial charge in [-0.25, -0.2) is 9.37 Å². The van der Waals surface area contributed by atoms with Crippen LogP contribution in [-0.2, 0) is 6.54 Å². The van der Waals surface area contributed by atoms with Gasteiger partial charge in [-0.05, 0) is 13.8 Å². The molecule has 0 atom stereocenters. The second kappa shape index (κ2) is 7.03. The van der Waals surface area contributed by atoms with Gasteiger partial charge in [-0.2, -0.15) is 5.10 Å². The zero-order valence-corrected chi connectivity index (χ0v) is 15.0. The standard InChI is InChI=1S/C18H20ClFN4O/c1-18(2,25)15-11-23(12-15)16-7-17(19)21-9-14(16)4-3-13-8-22-24(10-13)6-5-20/h7-10,15,25H,5-6,11-12H2,1-2H3. The number of aryl methyl sites for hydroxylation is 1. The summed E-state index contributed by atoms with van der Waals surface area (Å²) in [5, 5.41) is 14.6. The van der Waals surface area contributed by atoms with Crippen molar-refractivity contribution in [1.29, 1.82) is 0 Å². The second-order valence-corrected chi connectivity index (χ2v) is 7.10. The van der Waals surface area contributed by atoms with Gasteiger partial charge < -0.3 is 10.0 Å². The molecular formula is C18H20ClFN4O. The molecular weight excluding hydrogens is 343 g/mol. The molecule has 0 spiro atoms. The van der Waals surface area contributed by atoms with E-state index in [9.17, 15) is 9.50 Å². The molecule has 2 aromatic rings. The topological polar surface area (TPSA) is 54.2 Å². The minimum absolute atomic E-state index is 0.208. The van der Waals surface area contributed by atoms with Crippen molar-refractivity contribution in [1.82, 2.24) is 14.8 Å². The highest BCUT2D eigenvalue weighted by molar-refractivity contribution is 6.29. The average Bonchev–Trinajstić information content (AvgIpc) is 2.91. The molecule has 5 nitrogen and oxygen atoms in total. The number of nitrogens with zero attached hydrogens (tertiary/aromatic N) is 4. The fourth-order valence-corrected chi connectivity index (χ4v) is 2.83. The molecule has 0 bridgehead atoms. The van der Waals surface area contributed by atoms with Gasteiger partial charge in [0.05, 0.1) is 35.2 Å². The van der Waals surface area contributed by atoms with Crippen LogP contribution < -0.4 is 4.90 Å². The normalized spacial score (nSPS) is 14.8. The van der Waals surface area contributed by atoms with E-state index in [1.807, 2.05) is 13.8 Å². The predicted octanol–water partition coefficient (Wildman–Crippen LogP) is 2.51. The lowest BCUT2D eigenvalue weighted by molar-refractivity contribution is 0.00458.